The number of nitrogens with two attached hydrogens (primary N) is 3. The highest BCUT2D eigenvalue weighted by Crippen LogP contribution is 2.11. The zero-order chi connectivity index (χ0) is 17.5. The molecule has 0 aliphatic heterocycles. The molecule has 0 fully saturated rings. The fourth-order valence-electron chi connectivity index (χ4n) is 1.53. The molecule has 23 heavy (non-hydrogen) atoms. The van der Waals surface area contributed by atoms with Crippen LogP contribution in [0.5, 0.6) is 0 Å². The molecule has 0 spiro atoms. The smallest absolute Gasteiger partial charge is 0.0877 e. The Balaban J connectivity index is 0.000000688. The lowest BCUT2D eigenvalue weighted by molar-refractivity contribution is 0.654. The summed E-state index contributed by atoms with van der Waals surface area (Å²) in [5.41, 5.74) is 19.7. The maximum Gasteiger partial charge on any atom is 0.0877 e. The van der Waals surface area contributed by atoms with Crippen LogP contribution < -0.4 is 22.5 Å². The molecule has 0 saturated carbocycles. The molecule has 1 atom stereocenters. The van der Waals surface area contributed by atoms with Crippen molar-refractivity contribution in [1.82, 2.24) is 5.32 Å². The number of allylic oxidation sites excluding steroid dienone is 4. The third-order valence-corrected chi connectivity index (χ3v) is 2.62. The number of benzene rings is 1. The summed E-state index contributed by atoms with van der Waals surface area (Å²) < 4.78 is 0. The van der Waals surface area contributed by atoms with E-state index in [1.54, 1.807) is 24.3 Å². The zero-order valence-electron chi connectivity index (χ0n) is 13.5. The van der Waals surface area contributed by atoms with Gasteiger partial charge in [-0.1, -0.05) is 49.6 Å². The van der Waals surface area contributed by atoms with Crippen molar-refractivity contribution in [3.63, 3.8) is 0 Å². The standard InChI is InChI=1S/C12H19N5.C6H8/c1-16-8-17-7-11(14)6-12(15)9-2-4-10(13)5-3-9;1-3-5-6-4-2/h2-6,11,17H,1,7-8,13-15H2;3-6H,1-2H2/b12-6-;6-5-. The topological polar surface area (TPSA) is 102 Å². The number of nitrogen functional groups attached to an aromatic ring is 1. The summed E-state index contributed by atoms with van der Waals surface area (Å²) in [7, 11) is 0. The number of hydrogen-bond acceptors (Lipinski definition) is 5. The summed E-state index contributed by atoms with van der Waals surface area (Å²) in [6.45, 7) is 11.4. The number of hydrogen-bond donors (Lipinski definition) is 4. The van der Waals surface area contributed by atoms with Gasteiger partial charge in [-0.25, -0.2) is 0 Å². The number of rotatable bonds is 8. The van der Waals surface area contributed by atoms with Crippen molar-refractivity contribution < 1.29 is 0 Å². The normalized spacial score (nSPS) is 12.1. The van der Waals surface area contributed by atoms with Gasteiger partial charge in [0.2, 0.25) is 0 Å². The molecule has 1 unspecified atom stereocenters. The Kier molecular flexibility index (Phi) is 11.6. The van der Waals surface area contributed by atoms with Crippen molar-refractivity contribution in [3.05, 3.63) is 73.4 Å². The number of aliphatic imine (C=N–C) groups is 1. The van der Waals surface area contributed by atoms with Crippen LogP contribution in [0.15, 0.2) is 72.8 Å². The predicted octanol–water partition coefficient (Wildman–Crippen LogP) is 2.06. The van der Waals surface area contributed by atoms with Crippen LogP contribution in [0.2, 0.25) is 0 Å². The molecule has 0 amide bonds. The van der Waals surface area contributed by atoms with E-state index in [2.05, 4.69) is 30.2 Å². The second-order valence-corrected chi connectivity index (χ2v) is 4.60. The molecular weight excluding hydrogens is 286 g/mol. The maximum absolute atomic E-state index is 5.93. The quantitative estimate of drug-likeness (QED) is 0.255. The number of nitrogens with one attached hydrogen (secondary N) is 1. The average molecular weight is 313 g/mol. The lowest BCUT2D eigenvalue weighted by Gasteiger charge is -2.09. The fourth-order valence-corrected chi connectivity index (χ4v) is 1.53. The molecule has 0 heterocycles. The first-order valence-corrected chi connectivity index (χ1v) is 7.17. The van der Waals surface area contributed by atoms with E-state index in [4.69, 9.17) is 17.2 Å². The second-order valence-electron chi connectivity index (χ2n) is 4.60. The summed E-state index contributed by atoms with van der Waals surface area (Å²) in [6, 6.07) is 7.19. The highest BCUT2D eigenvalue weighted by molar-refractivity contribution is 5.64. The maximum atomic E-state index is 5.93. The van der Waals surface area contributed by atoms with E-state index in [0.717, 1.165) is 5.56 Å². The van der Waals surface area contributed by atoms with Crippen molar-refractivity contribution in [2.24, 2.45) is 16.5 Å². The van der Waals surface area contributed by atoms with Crippen molar-refractivity contribution in [2.75, 3.05) is 18.9 Å². The molecular formula is C18H27N5. The molecule has 0 aliphatic rings. The van der Waals surface area contributed by atoms with Gasteiger partial charge in [-0.2, -0.15) is 0 Å². The van der Waals surface area contributed by atoms with Gasteiger partial charge in [0.15, 0.2) is 0 Å². The Hall–Kier alpha value is -2.63. The molecule has 5 heteroatoms. The molecule has 0 saturated heterocycles. The van der Waals surface area contributed by atoms with Crippen molar-refractivity contribution in [1.29, 1.82) is 0 Å². The van der Waals surface area contributed by atoms with E-state index in [1.165, 1.54) is 0 Å². The van der Waals surface area contributed by atoms with Crippen molar-refractivity contribution in [3.8, 4) is 0 Å². The number of nitrogens with zero attached hydrogens (tertiary/aromatic N) is 1. The molecule has 124 valence electrons. The van der Waals surface area contributed by atoms with Crippen LogP contribution >= 0.6 is 0 Å². The first-order valence-electron chi connectivity index (χ1n) is 7.17. The Morgan fingerprint density at radius 2 is 1.74 bits per heavy atom. The Labute approximate surface area is 139 Å². The van der Waals surface area contributed by atoms with Gasteiger partial charge < -0.3 is 17.2 Å². The lowest BCUT2D eigenvalue weighted by atomic mass is 10.1. The number of anilines is 1. The predicted molar refractivity (Wildman–Crippen MR) is 103 cm³/mol. The van der Waals surface area contributed by atoms with Crippen LogP contribution in [0.25, 0.3) is 5.70 Å². The Morgan fingerprint density at radius 1 is 1.17 bits per heavy atom. The van der Waals surface area contributed by atoms with E-state index in [-0.39, 0.29) is 6.04 Å². The lowest BCUT2D eigenvalue weighted by Crippen LogP contribution is -2.32. The van der Waals surface area contributed by atoms with Gasteiger partial charge in [0.05, 0.1) is 6.67 Å². The summed E-state index contributed by atoms with van der Waals surface area (Å²) in [5.74, 6) is 0. The average Bonchev–Trinajstić information content (AvgIpc) is 2.54. The first-order chi connectivity index (χ1) is 11.0. The van der Waals surface area contributed by atoms with Gasteiger partial charge >= 0.3 is 0 Å². The van der Waals surface area contributed by atoms with Crippen LogP contribution in [0.1, 0.15) is 5.56 Å². The van der Waals surface area contributed by atoms with Gasteiger partial charge in [-0.15, -0.1) is 0 Å². The van der Waals surface area contributed by atoms with Crippen molar-refractivity contribution >= 4 is 18.1 Å². The van der Waals surface area contributed by atoms with E-state index in [1.807, 2.05) is 30.4 Å². The summed E-state index contributed by atoms with van der Waals surface area (Å²) in [5, 5.41) is 3.03. The van der Waals surface area contributed by atoms with Gasteiger partial charge in [-0.05, 0) is 30.5 Å². The summed E-state index contributed by atoms with van der Waals surface area (Å²) >= 11 is 0. The summed E-state index contributed by atoms with van der Waals surface area (Å²) in [6.07, 6.45) is 8.88. The minimum absolute atomic E-state index is 0.158. The van der Waals surface area contributed by atoms with E-state index in [0.29, 0.717) is 24.6 Å². The molecule has 0 bridgehead atoms. The highest BCUT2D eigenvalue weighted by atomic mass is 15.0. The fraction of sp³-hybridized carbons (Fsp3) is 0.167. The zero-order valence-corrected chi connectivity index (χ0v) is 13.5. The second kappa shape index (κ2) is 13.1. The molecule has 5 nitrogen and oxygen atoms in total. The minimum Gasteiger partial charge on any atom is -0.399 e. The Morgan fingerprint density at radius 3 is 2.22 bits per heavy atom. The largest absolute Gasteiger partial charge is 0.399 e. The van der Waals surface area contributed by atoms with Gasteiger partial charge in [0, 0.05) is 24.0 Å². The minimum atomic E-state index is -0.158. The molecule has 0 aromatic heterocycles. The first kappa shape index (κ1) is 20.4. The third kappa shape index (κ3) is 10.7. The van der Waals surface area contributed by atoms with Crippen molar-refractivity contribution in [2.45, 2.75) is 6.04 Å². The van der Waals surface area contributed by atoms with Crippen LogP contribution in [-0.4, -0.2) is 26.0 Å². The van der Waals surface area contributed by atoms with Gasteiger partial charge in [-0.3, -0.25) is 10.3 Å². The monoisotopic (exact) mass is 313 g/mol. The van der Waals surface area contributed by atoms with Crippen LogP contribution in [-0.2, 0) is 0 Å². The van der Waals surface area contributed by atoms with E-state index >= 15 is 0 Å². The molecule has 1 rings (SSSR count). The Bertz CT molecular complexity index is 519. The SMILES string of the molecule is C=C/C=C\C=C.C=NCNCC(N)/C=C(\N)c1ccc(N)cc1. The summed E-state index contributed by atoms with van der Waals surface area (Å²) in [4.78, 5) is 3.67. The van der Waals surface area contributed by atoms with Gasteiger partial charge in [0.25, 0.3) is 0 Å². The molecule has 1 aromatic rings. The molecule has 0 radical (unpaired) electrons. The molecule has 7 N–H and O–H groups in total. The van der Waals surface area contributed by atoms with E-state index in [9.17, 15) is 0 Å². The van der Waals surface area contributed by atoms with Crippen LogP contribution in [0.4, 0.5) is 5.69 Å². The molecule has 0 aliphatic carbocycles. The van der Waals surface area contributed by atoms with Crippen LogP contribution in [0, 0.1) is 0 Å². The highest BCUT2D eigenvalue weighted by Gasteiger charge is 2.01. The van der Waals surface area contributed by atoms with Gasteiger partial charge in [0.1, 0.15) is 0 Å². The molecule has 1 aromatic carbocycles. The third-order valence-electron chi connectivity index (χ3n) is 2.62. The van der Waals surface area contributed by atoms with Crippen LogP contribution in [0.3, 0.4) is 0 Å². The van der Waals surface area contributed by atoms with E-state index < -0.39 is 0 Å².